The van der Waals surface area contributed by atoms with Crippen molar-refractivity contribution < 1.29 is 5.11 Å². The van der Waals surface area contributed by atoms with Gasteiger partial charge in [-0.05, 0) is 30.7 Å². The van der Waals surface area contributed by atoms with Crippen molar-refractivity contribution in [3.05, 3.63) is 63.6 Å². The number of nitrogens with two attached hydrogens (primary N) is 1. The molecule has 2 nitrogen and oxygen atoms in total. The number of hydrogen-bond donors (Lipinski definition) is 2. The van der Waals surface area contributed by atoms with E-state index in [2.05, 4.69) is 15.9 Å². The van der Waals surface area contributed by atoms with Crippen LogP contribution in [0.3, 0.4) is 0 Å². The number of rotatable bonds is 3. The molecule has 2 rings (SSSR count). The fourth-order valence-electron chi connectivity index (χ4n) is 1.89. The fourth-order valence-corrected chi connectivity index (χ4v) is 2.27. The van der Waals surface area contributed by atoms with E-state index in [-0.39, 0.29) is 0 Å². The van der Waals surface area contributed by atoms with E-state index in [1.54, 1.807) is 6.07 Å². The van der Waals surface area contributed by atoms with Crippen LogP contribution in [0.25, 0.3) is 0 Å². The maximum atomic E-state index is 10.2. The summed E-state index contributed by atoms with van der Waals surface area (Å²) in [6, 6.07) is 13.7. The van der Waals surface area contributed by atoms with Gasteiger partial charge in [0.15, 0.2) is 0 Å². The Morgan fingerprint density at radius 3 is 2.50 bits per heavy atom. The zero-order chi connectivity index (χ0) is 13.1. The van der Waals surface area contributed by atoms with Crippen LogP contribution >= 0.6 is 15.9 Å². The zero-order valence-corrected chi connectivity index (χ0v) is 11.8. The van der Waals surface area contributed by atoms with Crippen molar-refractivity contribution in [1.29, 1.82) is 0 Å². The summed E-state index contributed by atoms with van der Waals surface area (Å²) in [5.74, 6) is 0. The SMILES string of the molecule is Cc1ccc(CC(O)c2cc(Br)ccc2N)cc1. The first-order valence-electron chi connectivity index (χ1n) is 5.85. The number of anilines is 1. The first-order chi connectivity index (χ1) is 8.56. The molecule has 18 heavy (non-hydrogen) atoms. The Balaban J connectivity index is 2.18. The van der Waals surface area contributed by atoms with Crippen LogP contribution in [0, 0.1) is 6.92 Å². The standard InChI is InChI=1S/C15H16BrNO/c1-10-2-4-11(5-3-10)8-15(18)13-9-12(16)6-7-14(13)17/h2-7,9,15,18H,8,17H2,1H3. The van der Waals surface area contributed by atoms with E-state index in [0.717, 1.165) is 15.6 Å². The van der Waals surface area contributed by atoms with Crippen LogP contribution in [0.5, 0.6) is 0 Å². The third-order valence-corrected chi connectivity index (χ3v) is 3.45. The lowest BCUT2D eigenvalue weighted by atomic mass is 9.99. The second-order valence-corrected chi connectivity index (χ2v) is 5.39. The van der Waals surface area contributed by atoms with E-state index >= 15 is 0 Å². The van der Waals surface area contributed by atoms with Gasteiger partial charge in [0.1, 0.15) is 0 Å². The van der Waals surface area contributed by atoms with E-state index < -0.39 is 6.10 Å². The first kappa shape index (κ1) is 13.1. The topological polar surface area (TPSA) is 46.2 Å². The Morgan fingerprint density at radius 2 is 1.83 bits per heavy atom. The normalized spacial score (nSPS) is 12.4. The van der Waals surface area contributed by atoms with Crippen molar-refractivity contribution in [2.24, 2.45) is 0 Å². The molecule has 0 spiro atoms. The summed E-state index contributed by atoms with van der Waals surface area (Å²) in [7, 11) is 0. The third kappa shape index (κ3) is 3.12. The Hall–Kier alpha value is -1.32. The van der Waals surface area contributed by atoms with E-state index in [9.17, 15) is 5.11 Å². The van der Waals surface area contributed by atoms with Crippen molar-refractivity contribution in [2.45, 2.75) is 19.4 Å². The Labute approximate surface area is 116 Å². The largest absolute Gasteiger partial charge is 0.398 e. The fraction of sp³-hybridized carbons (Fsp3) is 0.200. The summed E-state index contributed by atoms with van der Waals surface area (Å²) in [4.78, 5) is 0. The highest BCUT2D eigenvalue weighted by molar-refractivity contribution is 9.10. The van der Waals surface area contributed by atoms with Crippen LogP contribution in [-0.4, -0.2) is 5.11 Å². The molecule has 0 bridgehead atoms. The molecule has 0 saturated carbocycles. The molecule has 0 heterocycles. The van der Waals surface area contributed by atoms with Crippen molar-refractivity contribution in [3.8, 4) is 0 Å². The Kier molecular flexibility index (Phi) is 4.04. The van der Waals surface area contributed by atoms with Crippen LogP contribution in [-0.2, 0) is 6.42 Å². The summed E-state index contributed by atoms with van der Waals surface area (Å²) >= 11 is 3.39. The average molecular weight is 306 g/mol. The number of aliphatic hydroxyl groups is 1. The molecule has 3 heteroatoms. The van der Waals surface area contributed by atoms with Gasteiger partial charge in [-0.2, -0.15) is 0 Å². The third-order valence-electron chi connectivity index (χ3n) is 2.96. The smallest absolute Gasteiger partial charge is 0.0850 e. The minimum absolute atomic E-state index is 0.570. The molecule has 0 amide bonds. The van der Waals surface area contributed by atoms with Crippen LogP contribution in [0.1, 0.15) is 22.8 Å². The van der Waals surface area contributed by atoms with Gasteiger partial charge in [0.05, 0.1) is 6.10 Å². The number of halogens is 1. The molecule has 0 aliphatic carbocycles. The molecule has 2 aromatic carbocycles. The molecule has 0 saturated heterocycles. The van der Waals surface area contributed by atoms with Crippen molar-refractivity contribution in [1.82, 2.24) is 0 Å². The number of benzene rings is 2. The number of hydrogen-bond acceptors (Lipinski definition) is 2. The second kappa shape index (κ2) is 5.55. The van der Waals surface area contributed by atoms with Crippen molar-refractivity contribution in [2.75, 3.05) is 5.73 Å². The van der Waals surface area contributed by atoms with E-state index in [4.69, 9.17) is 5.73 Å². The second-order valence-electron chi connectivity index (χ2n) is 4.48. The predicted octanol–water partition coefficient (Wildman–Crippen LogP) is 3.62. The molecule has 0 aromatic heterocycles. The molecule has 1 unspecified atom stereocenters. The molecule has 1 atom stereocenters. The van der Waals surface area contributed by atoms with Gasteiger partial charge in [0.25, 0.3) is 0 Å². The van der Waals surface area contributed by atoms with E-state index in [1.807, 2.05) is 43.3 Å². The number of aryl methyl sites for hydroxylation is 1. The Bertz CT molecular complexity index is 537. The number of nitrogen functional groups attached to an aromatic ring is 1. The van der Waals surface area contributed by atoms with Gasteiger partial charge in [-0.3, -0.25) is 0 Å². The van der Waals surface area contributed by atoms with Gasteiger partial charge in [-0.1, -0.05) is 45.8 Å². The van der Waals surface area contributed by atoms with Gasteiger partial charge in [-0.25, -0.2) is 0 Å². The zero-order valence-electron chi connectivity index (χ0n) is 10.2. The minimum atomic E-state index is -0.579. The quantitative estimate of drug-likeness (QED) is 0.851. The summed E-state index contributed by atoms with van der Waals surface area (Å²) < 4.78 is 0.926. The van der Waals surface area contributed by atoms with Gasteiger partial charge in [0, 0.05) is 22.1 Å². The molecule has 0 aliphatic rings. The molecular weight excluding hydrogens is 290 g/mol. The molecular formula is C15H16BrNO. The minimum Gasteiger partial charge on any atom is -0.398 e. The van der Waals surface area contributed by atoms with Gasteiger partial charge < -0.3 is 10.8 Å². The maximum absolute atomic E-state index is 10.2. The van der Waals surface area contributed by atoms with E-state index in [1.165, 1.54) is 5.56 Å². The van der Waals surface area contributed by atoms with Gasteiger partial charge in [0.2, 0.25) is 0 Å². The summed E-state index contributed by atoms with van der Waals surface area (Å²) in [5.41, 5.74) is 9.60. The van der Waals surface area contributed by atoms with Crippen molar-refractivity contribution in [3.63, 3.8) is 0 Å². The highest BCUT2D eigenvalue weighted by atomic mass is 79.9. The number of aliphatic hydroxyl groups excluding tert-OH is 1. The summed E-state index contributed by atoms with van der Waals surface area (Å²) in [6.45, 7) is 2.05. The molecule has 0 aliphatic heterocycles. The van der Waals surface area contributed by atoms with Crippen LogP contribution in [0.15, 0.2) is 46.9 Å². The van der Waals surface area contributed by atoms with Crippen LogP contribution < -0.4 is 5.73 Å². The lowest BCUT2D eigenvalue weighted by molar-refractivity contribution is 0.179. The lowest BCUT2D eigenvalue weighted by Gasteiger charge is -2.14. The van der Waals surface area contributed by atoms with Crippen molar-refractivity contribution >= 4 is 21.6 Å². The summed E-state index contributed by atoms with van der Waals surface area (Å²) in [5, 5.41) is 10.2. The lowest BCUT2D eigenvalue weighted by Crippen LogP contribution is -2.05. The van der Waals surface area contributed by atoms with Crippen LogP contribution in [0.2, 0.25) is 0 Å². The molecule has 94 valence electrons. The molecule has 2 aromatic rings. The molecule has 0 radical (unpaired) electrons. The highest BCUT2D eigenvalue weighted by Crippen LogP contribution is 2.27. The maximum Gasteiger partial charge on any atom is 0.0850 e. The first-order valence-corrected chi connectivity index (χ1v) is 6.64. The highest BCUT2D eigenvalue weighted by Gasteiger charge is 2.12. The Morgan fingerprint density at radius 1 is 1.17 bits per heavy atom. The van der Waals surface area contributed by atoms with Gasteiger partial charge in [-0.15, -0.1) is 0 Å². The summed E-state index contributed by atoms with van der Waals surface area (Å²) in [6.07, 6.45) is -0.00814. The van der Waals surface area contributed by atoms with Crippen LogP contribution in [0.4, 0.5) is 5.69 Å². The average Bonchev–Trinajstić information content (AvgIpc) is 2.35. The predicted molar refractivity (Wildman–Crippen MR) is 78.4 cm³/mol. The van der Waals surface area contributed by atoms with Gasteiger partial charge >= 0.3 is 0 Å². The van der Waals surface area contributed by atoms with E-state index in [0.29, 0.717) is 12.1 Å². The monoisotopic (exact) mass is 305 g/mol. The molecule has 0 fully saturated rings. The molecule has 3 N–H and O–H groups in total.